The summed E-state index contributed by atoms with van der Waals surface area (Å²) in [5.74, 6) is 0.899. The van der Waals surface area contributed by atoms with Gasteiger partial charge in [0.15, 0.2) is 5.96 Å². The largest absolute Gasteiger partial charge is 0.382 e. The predicted molar refractivity (Wildman–Crippen MR) is 85.4 cm³/mol. The van der Waals surface area contributed by atoms with Gasteiger partial charge >= 0.3 is 0 Å². The summed E-state index contributed by atoms with van der Waals surface area (Å²) in [6.45, 7) is 9.12. The average Bonchev–Trinajstić information content (AvgIpc) is 2.74. The molecule has 1 saturated heterocycles. The minimum atomic E-state index is 0.794. The van der Waals surface area contributed by atoms with Crippen LogP contribution in [0.4, 0.5) is 0 Å². The van der Waals surface area contributed by atoms with Gasteiger partial charge in [-0.15, -0.1) is 0 Å². The Morgan fingerprint density at radius 3 is 2.45 bits per heavy atom. The van der Waals surface area contributed by atoms with Crippen molar-refractivity contribution in [2.75, 3.05) is 53.0 Å². The minimum absolute atomic E-state index is 0.794. The molecule has 0 amide bonds. The second-order valence-corrected chi connectivity index (χ2v) is 5.23. The Bertz CT molecular complexity index is 250. The molecule has 0 aromatic carbocycles. The van der Waals surface area contributed by atoms with Crippen molar-refractivity contribution < 1.29 is 4.74 Å². The summed E-state index contributed by atoms with van der Waals surface area (Å²) in [6.07, 6.45) is 6.51. The van der Waals surface area contributed by atoms with E-state index in [1.807, 2.05) is 14.0 Å². The Hall–Kier alpha value is -0.810. The number of hydrogen-bond acceptors (Lipinski definition) is 3. The van der Waals surface area contributed by atoms with E-state index >= 15 is 0 Å². The molecule has 0 aliphatic carbocycles. The highest BCUT2D eigenvalue weighted by Crippen LogP contribution is 2.08. The zero-order valence-corrected chi connectivity index (χ0v) is 13.3. The third-order valence-corrected chi connectivity index (χ3v) is 3.60. The lowest BCUT2D eigenvalue weighted by molar-refractivity contribution is 0.145. The van der Waals surface area contributed by atoms with Gasteiger partial charge in [0, 0.05) is 39.9 Å². The highest BCUT2D eigenvalue weighted by Gasteiger charge is 2.08. The molecule has 1 fully saturated rings. The minimum Gasteiger partial charge on any atom is -0.382 e. The fourth-order valence-corrected chi connectivity index (χ4v) is 2.44. The van der Waals surface area contributed by atoms with Crippen LogP contribution in [-0.4, -0.2) is 63.8 Å². The van der Waals surface area contributed by atoms with Gasteiger partial charge in [-0.1, -0.05) is 12.8 Å². The third kappa shape index (κ3) is 8.38. The quantitative estimate of drug-likeness (QED) is 0.402. The highest BCUT2D eigenvalue weighted by atomic mass is 16.5. The van der Waals surface area contributed by atoms with Crippen LogP contribution >= 0.6 is 0 Å². The van der Waals surface area contributed by atoms with Crippen LogP contribution in [0.2, 0.25) is 0 Å². The Labute approximate surface area is 124 Å². The lowest BCUT2D eigenvalue weighted by Crippen LogP contribution is -2.42. The van der Waals surface area contributed by atoms with E-state index in [2.05, 4.69) is 20.5 Å². The summed E-state index contributed by atoms with van der Waals surface area (Å²) in [5.41, 5.74) is 0. The first-order valence-corrected chi connectivity index (χ1v) is 8.11. The van der Waals surface area contributed by atoms with E-state index in [0.717, 1.165) is 45.2 Å². The molecule has 118 valence electrons. The molecule has 1 aliphatic rings. The monoisotopic (exact) mass is 284 g/mol. The Morgan fingerprint density at radius 1 is 1.10 bits per heavy atom. The van der Waals surface area contributed by atoms with Crippen molar-refractivity contribution in [1.29, 1.82) is 0 Å². The van der Waals surface area contributed by atoms with Crippen molar-refractivity contribution in [3.63, 3.8) is 0 Å². The molecule has 5 heteroatoms. The maximum atomic E-state index is 5.31. The smallest absolute Gasteiger partial charge is 0.191 e. The summed E-state index contributed by atoms with van der Waals surface area (Å²) in [7, 11) is 1.82. The number of nitrogens with one attached hydrogen (secondary N) is 2. The van der Waals surface area contributed by atoms with Crippen LogP contribution in [0.15, 0.2) is 4.99 Å². The van der Waals surface area contributed by atoms with Gasteiger partial charge in [-0.3, -0.25) is 4.99 Å². The van der Waals surface area contributed by atoms with Crippen LogP contribution in [0.25, 0.3) is 0 Å². The van der Waals surface area contributed by atoms with Gasteiger partial charge < -0.3 is 20.3 Å². The van der Waals surface area contributed by atoms with E-state index < -0.39 is 0 Å². The summed E-state index contributed by atoms with van der Waals surface area (Å²) < 4.78 is 5.31. The van der Waals surface area contributed by atoms with E-state index in [9.17, 15) is 0 Å². The van der Waals surface area contributed by atoms with Gasteiger partial charge in [0.2, 0.25) is 0 Å². The van der Waals surface area contributed by atoms with Crippen LogP contribution in [0.1, 0.15) is 39.0 Å². The molecule has 2 N–H and O–H groups in total. The predicted octanol–water partition coefficient (Wildman–Crippen LogP) is 1.45. The molecule has 0 spiro atoms. The molecule has 1 rings (SSSR count). The Kier molecular flexibility index (Phi) is 10.3. The molecule has 0 atom stereocenters. The van der Waals surface area contributed by atoms with Gasteiger partial charge in [0.25, 0.3) is 0 Å². The first kappa shape index (κ1) is 17.2. The van der Waals surface area contributed by atoms with Crippen LogP contribution in [0.3, 0.4) is 0 Å². The fourth-order valence-electron chi connectivity index (χ4n) is 2.44. The van der Waals surface area contributed by atoms with Crippen molar-refractivity contribution in [3.05, 3.63) is 0 Å². The van der Waals surface area contributed by atoms with Crippen molar-refractivity contribution in [3.8, 4) is 0 Å². The SMILES string of the molecule is CCOCCCNC(=NC)NCCN1CCCCCC1. The van der Waals surface area contributed by atoms with Gasteiger partial charge in [-0.05, 0) is 39.3 Å². The van der Waals surface area contributed by atoms with E-state index in [1.54, 1.807) is 0 Å². The second kappa shape index (κ2) is 12.0. The van der Waals surface area contributed by atoms with E-state index in [4.69, 9.17) is 4.74 Å². The molecule has 20 heavy (non-hydrogen) atoms. The number of rotatable bonds is 8. The molecule has 1 aliphatic heterocycles. The van der Waals surface area contributed by atoms with Gasteiger partial charge in [-0.2, -0.15) is 0 Å². The van der Waals surface area contributed by atoms with Crippen LogP contribution in [0, 0.1) is 0 Å². The van der Waals surface area contributed by atoms with Crippen molar-refractivity contribution in [1.82, 2.24) is 15.5 Å². The maximum Gasteiger partial charge on any atom is 0.191 e. The van der Waals surface area contributed by atoms with Crippen molar-refractivity contribution >= 4 is 5.96 Å². The molecule has 0 aromatic heterocycles. The molecule has 0 aromatic rings. The fraction of sp³-hybridized carbons (Fsp3) is 0.933. The van der Waals surface area contributed by atoms with Crippen LogP contribution in [0.5, 0.6) is 0 Å². The third-order valence-electron chi connectivity index (χ3n) is 3.60. The van der Waals surface area contributed by atoms with Crippen LogP contribution in [-0.2, 0) is 4.74 Å². The summed E-state index contributed by atoms with van der Waals surface area (Å²) in [6, 6.07) is 0. The highest BCUT2D eigenvalue weighted by molar-refractivity contribution is 5.79. The Balaban J connectivity index is 2.05. The molecule has 0 radical (unpaired) electrons. The summed E-state index contributed by atoms with van der Waals surface area (Å²) >= 11 is 0. The molecule has 0 bridgehead atoms. The average molecular weight is 284 g/mol. The molecular formula is C15H32N4O. The topological polar surface area (TPSA) is 48.9 Å². The first-order chi connectivity index (χ1) is 9.86. The first-order valence-electron chi connectivity index (χ1n) is 8.11. The normalized spacial score (nSPS) is 17.8. The summed E-state index contributed by atoms with van der Waals surface area (Å²) in [4.78, 5) is 6.80. The number of guanidine groups is 1. The molecule has 1 heterocycles. The number of aliphatic imine (C=N–C) groups is 1. The van der Waals surface area contributed by atoms with E-state index in [1.165, 1.54) is 38.8 Å². The van der Waals surface area contributed by atoms with Gasteiger partial charge in [-0.25, -0.2) is 0 Å². The van der Waals surface area contributed by atoms with E-state index in [0.29, 0.717) is 0 Å². The zero-order chi connectivity index (χ0) is 14.5. The van der Waals surface area contributed by atoms with E-state index in [-0.39, 0.29) is 0 Å². The molecule has 5 nitrogen and oxygen atoms in total. The molecular weight excluding hydrogens is 252 g/mol. The molecule has 0 saturated carbocycles. The van der Waals surface area contributed by atoms with Crippen molar-refractivity contribution in [2.45, 2.75) is 39.0 Å². The number of nitrogens with zero attached hydrogens (tertiary/aromatic N) is 2. The number of likely N-dealkylation sites (tertiary alicyclic amines) is 1. The maximum absolute atomic E-state index is 5.31. The lowest BCUT2D eigenvalue weighted by Gasteiger charge is -2.20. The van der Waals surface area contributed by atoms with Gasteiger partial charge in [0.05, 0.1) is 0 Å². The Morgan fingerprint density at radius 2 is 1.80 bits per heavy atom. The van der Waals surface area contributed by atoms with Crippen LogP contribution < -0.4 is 10.6 Å². The summed E-state index contributed by atoms with van der Waals surface area (Å²) in [5, 5.41) is 6.70. The van der Waals surface area contributed by atoms with Gasteiger partial charge in [0.1, 0.15) is 0 Å². The number of ether oxygens (including phenoxy) is 1. The lowest BCUT2D eigenvalue weighted by atomic mass is 10.2. The zero-order valence-electron chi connectivity index (χ0n) is 13.3. The van der Waals surface area contributed by atoms with Crippen molar-refractivity contribution in [2.24, 2.45) is 4.99 Å². The number of hydrogen-bond donors (Lipinski definition) is 2. The molecule has 0 unspecified atom stereocenters. The standard InChI is InChI=1S/C15H32N4O/c1-3-20-14-8-9-17-15(16-2)18-10-13-19-11-6-4-5-7-12-19/h3-14H2,1-2H3,(H2,16,17,18). The second-order valence-electron chi connectivity index (χ2n) is 5.23.